The third-order valence-electron chi connectivity index (χ3n) is 11.9. The molecule has 77 heavy (non-hydrogen) atoms. The van der Waals surface area contributed by atoms with Gasteiger partial charge in [-0.25, -0.2) is 0 Å². The van der Waals surface area contributed by atoms with Crippen molar-refractivity contribution in [2.24, 2.45) is 17.8 Å². The van der Waals surface area contributed by atoms with Gasteiger partial charge in [-0.3, -0.25) is 8.98 Å². The Kier molecular flexibility index (Phi) is 32.5. The minimum atomic E-state index is -4.15. The van der Waals surface area contributed by atoms with Crippen molar-refractivity contribution in [3.05, 3.63) is 77.9 Å². The second kappa shape index (κ2) is 39.5. The van der Waals surface area contributed by atoms with Crippen molar-refractivity contribution in [3.8, 4) is 142 Å². The highest BCUT2D eigenvalue weighted by atomic mass is 32.2. The molecule has 1 saturated heterocycles. The van der Waals surface area contributed by atoms with E-state index in [2.05, 4.69) is 173 Å². The minimum Gasteiger partial charge on any atom is -0.390 e. The van der Waals surface area contributed by atoms with Crippen molar-refractivity contribution < 1.29 is 36.7 Å². The van der Waals surface area contributed by atoms with Gasteiger partial charge < -0.3 is 24.6 Å². The van der Waals surface area contributed by atoms with Gasteiger partial charge in [0.05, 0.1) is 43.0 Å². The Hall–Kier alpha value is -7.88. The summed E-state index contributed by atoms with van der Waals surface area (Å²) in [6.07, 6.45) is 13.9. The summed E-state index contributed by atoms with van der Waals surface area (Å²) in [7, 11) is -4.15. The third-order valence-corrected chi connectivity index (χ3v) is 13.2. The molecule has 1 heterocycles. The van der Waals surface area contributed by atoms with Crippen molar-refractivity contribution in [2.45, 2.75) is 154 Å². The zero-order valence-corrected chi connectivity index (χ0v) is 45.9. The number of aliphatic hydroxyl groups excluding tert-OH is 1. The lowest BCUT2D eigenvalue weighted by Gasteiger charge is -2.43. The lowest BCUT2D eigenvalue weighted by molar-refractivity contribution is -0.270. The lowest BCUT2D eigenvalue weighted by atomic mass is 9.85. The van der Waals surface area contributed by atoms with E-state index in [-0.39, 0.29) is 35.9 Å². The van der Waals surface area contributed by atoms with Crippen LogP contribution in [0.25, 0.3) is 0 Å². The van der Waals surface area contributed by atoms with Crippen LogP contribution in [0, 0.1) is 167 Å². The van der Waals surface area contributed by atoms with Crippen LogP contribution in [-0.4, -0.2) is 63.3 Å². The number of hydrogen-bond donors (Lipinski definition) is 2. The van der Waals surface area contributed by atoms with Crippen LogP contribution in [0.3, 0.4) is 0 Å². The number of allylic oxidation sites excluding steroid dienone is 2. The van der Waals surface area contributed by atoms with E-state index in [0.29, 0.717) is 6.42 Å². The van der Waals surface area contributed by atoms with E-state index in [1.54, 1.807) is 19.1 Å². The Morgan fingerprint density at radius 1 is 0.688 bits per heavy atom. The van der Waals surface area contributed by atoms with Gasteiger partial charge in [0.25, 0.3) is 16.0 Å². The van der Waals surface area contributed by atoms with Crippen LogP contribution in [0.4, 0.5) is 0 Å². The molecule has 1 amide bonds. The number of amides is 1. The van der Waals surface area contributed by atoms with E-state index >= 15 is 0 Å². The fraction of sp³-hybridized carbons (Fsp3) is 0.418. The Morgan fingerprint density at radius 2 is 1.19 bits per heavy atom. The Balaban J connectivity index is 1.77. The van der Waals surface area contributed by atoms with E-state index in [4.69, 9.17) is 18.4 Å². The smallest absolute Gasteiger partial charge is 0.297 e. The summed E-state index contributed by atoms with van der Waals surface area (Å²) in [5.74, 6) is 59.6. The highest BCUT2D eigenvalue weighted by Crippen LogP contribution is 2.33. The van der Waals surface area contributed by atoms with Gasteiger partial charge in [0.1, 0.15) is 6.10 Å². The average Bonchev–Trinajstić information content (AvgIpc) is 3.43. The summed E-state index contributed by atoms with van der Waals surface area (Å²) < 4.78 is 51.1. The lowest BCUT2D eigenvalue weighted by Crippen LogP contribution is -2.54. The molecule has 9 nitrogen and oxygen atoms in total. The monoisotopic (exact) mass is 1050 g/mol. The molecule has 0 saturated carbocycles. The zero-order valence-electron chi connectivity index (χ0n) is 45.1. The maximum absolute atomic E-state index is 13.6. The Bertz CT molecular complexity index is 3160. The molecule has 2 unspecified atom stereocenters. The first-order valence-electron chi connectivity index (χ1n) is 25.9. The average molecular weight is 1050 g/mol. The van der Waals surface area contributed by atoms with E-state index in [9.17, 15) is 18.3 Å². The second-order valence-corrected chi connectivity index (χ2v) is 19.5. The van der Waals surface area contributed by atoms with Gasteiger partial charge in [-0.05, 0) is 157 Å². The van der Waals surface area contributed by atoms with Crippen molar-refractivity contribution in [3.63, 3.8) is 0 Å². The molecule has 1 aliphatic rings. The van der Waals surface area contributed by atoms with Crippen LogP contribution < -0.4 is 5.32 Å². The summed E-state index contributed by atoms with van der Waals surface area (Å²) in [4.78, 5) is 13.6. The number of benzene rings is 2. The number of hydrogen-bond acceptors (Lipinski definition) is 8. The molecular formula is C67H67NO8S. The number of nitrogens with one attached hydrogen (secondary N) is 1. The van der Waals surface area contributed by atoms with Gasteiger partial charge in [0.15, 0.2) is 6.29 Å². The fourth-order valence-electron chi connectivity index (χ4n) is 7.51. The molecule has 2 N–H and O–H groups in total. The number of aryl methyl sites for hydroxylation is 1. The molecule has 10 heteroatoms. The molecule has 3 rings (SSSR count). The molecule has 394 valence electrons. The van der Waals surface area contributed by atoms with Crippen LogP contribution in [0.15, 0.2) is 71.6 Å². The van der Waals surface area contributed by atoms with Crippen LogP contribution in [-0.2, 0) is 39.9 Å². The van der Waals surface area contributed by atoms with E-state index in [1.165, 1.54) is 63.5 Å². The quantitative estimate of drug-likeness (QED) is 0.0439. The van der Waals surface area contributed by atoms with Gasteiger partial charge in [-0.15, -0.1) is 0 Å². The normalized spacial score (nSPS) is 16.7. The van der Waals surface area contributed by atoms with Gasteiger partial charge >= 0.3 is 0 Å². The number of ether oxygens (including phenoxy) is 3. The molecule has 0 spiro atoms. The number of aliphatic hydroxyl groups is 1. The van der Waals surface area contributed by atoms with Gasteiger partial charge in [0.2, 0.25) is 0 Å². The molecule has 8 atom stereocenters. The topological polar surface area (TPSA) is 120 Å². The molecule has 0 radical (unpaired) electrons. The van der Waals surface area contributed by atoms with E-state index < -0.39 is 53.3 Å². The Morgan fingerprint density at radius 3 is 1.73 bits per heavy atom. The summed E-state index contributed by atoms with van der Waals surface area (Å²) in [5, 5.41) is 14.3. The molecule has 0 aromatic heterocycles. The van der Waals surface area contributed by atoms with Crippen molar-refractivity contribution >= 4 is 16.0 Å². The highest BCUT2D eigenvalue weighted by Gasteiger charge is 2.43. The first-order chi connectivity index (χ1) is 37.5. The summed E-state index contributed by atoms with van der Waals surface area (Å²) in [5.41, 5.74) is 1.85. The van der Waals surface area contributed by atoms with Crippen molar-refractivity contribution in [2.75, 3.05) is 13.2 Å². The minimum absolute atomic E-state index is 0.00525. The predicted octanol–water partition coefficient (Wildman–Crippen LogP) is 8.71. The van der Waals surface area contributed by atoms with E-state index in [1.807, 2.05) is 51.1 Å². The maximum atomic E-state index is 13.6. The molecule has 1 aliphatic heterocycles. The summed E-state index contributed by atoms with van der Waals surface area (Å²) >= 11 is 0. The van der Waals surface area contributed by atoms with Crippen LogP contribution >= 0.6 is 0 Å². The molecular weight excluding hydrogens is 979 g/mol. The van der Waals surface area contributed by atoms with Crippen LogP contribution in [0.2, 0.25) is 0 Å². The molecule has 1 fully saturated rings. The van der Waals surface area contributed by atoms with Crippen molar-refractivity contribution in [1.29, 1.82) is 0 Å². The van der Waals surface area contributed by atoms with E-state index in [0.717, 1.165) is 24.0 Å². The maximum Gasteiger partial charge on any atom is 0.297 e. The SMILES string of the molecule is CC#CC#CC#CC#CC#CC#CC#CC#CC#CC#CC#CC#CC(=O)N[C@@H](CO[C@H]1OC(COS(=O)(=O)c2ccc(C)cc2)[C@H](O)[C@H](C)C1C)[C@H](OCc1ccccc1)[C@H](C)CC=CCCCCCCCCCCC. The number of carbonyl (C=O) groups is 1. The first-order valence-corrected chi connectivity index (χ1v) is 27.3. The van der Waals surface area contributed by atoms with Gasteiger partial charge in [-0.2, -0.15) is 8.42 Å². The molecule has 2 aromatic rings. The van der Waals surface area contributed by atoms with Crippen LogP contribution in [0.5, 0.6) is 0 Å². The first kappa shape index (κ1) is 63.4. The predicted molar refractivity (Wildman–Crippen MR) is 304 cm³/mol. The Labute approximate surface area is 461 Å². The molecule has 0 aliphatic carbocycles. The largest absolute Gasteiger partial charge is 0.390 e. The molecule has 0 bridgehead atoms. The van der Waals surface area contributed by atoms with Crippen molar-refractivity contribution in [1.82, 2.24) is 5.32 Å². The molecule has 2 aromatic carbocycles. The highest BCUT2D eigenvalue weighted by molar-refractivity contribution is 7.86. The van der Waals surface area contributed by atoms with Crippen LogP contribution in [0.1, 0.15) is 116 Å². The standard InChI is InChI=1S/C67H67NO8S/c1-7-9-11-13-15-17-19-21-22-23-24-25-26-27-28-29-30-31-33-35-37-39-44-48-64(69)68-62(54-74-67-59(6)58(5)65(70)63(76-67)55-75-77(71,72)61-51-49-56(3)50-52-61)66(73-53-60-46-42-40-43-47-60)57(4)45-41-38-36-34-32-20-18-16-14-12-10-8-2/h38,40-43,46-47,49-52,57-59,62-63,65-67,70H,8,10,12,14,16,18,20,32,34,36,45,53-55H2,1-6H3,(H,68,69)/t57-,58-,59?,62+,63?,65-,66-,67+/m1/s1. The number of rotatable bonds is 25. The van der Waals surface area contributed by atoms with Gasteiger partial charge in [0, 0.05) is 47.4 Å². The summed E-state index contributed by atoms with van der Waals surface area (Å²) in [6.45, 7) is 11.3. The number of unbranched alkanes of at least 4 members (excludes halogenated alkanes) is 9. The zero-order chi connectivity index (χ0) is 55.6. The third kappa shape index (κ3) is 28.0. The second-order valence-electron chi connectivity index (χ2n) is 17.9. The number of carbonyl (C=O) groups excluding carboxylic acids is 1. The summed E-state index contributed by atoms with van der Waals surface area (Å²) in [6, 6.07) is 15.3. The van der Waals surface area contributed by atoms with Gasteiger partial charge in [-0.1, -0.05) is 145 Å². The fourth-order valence-corrected chi connectivity index (χ4v) is 8.43.